The van der Waals surface area contributed by atoms with Gasteiger partial charge in [-0.3, -0.25) is 9.88 Å². The van der Waals surface area contributed by atoms with Crippen LogP contribution in [0.1, 0.15) is 39.3 Å². The van der Waals surface area contributed by atoms with Gasteiger partial charge in [0.05, 0.1) is 5.69 Å². The number of nitrogens with one attached hydrogen (secondary N) is 1. The fraction of sp³-hybridized carbons (Fsp3) is 0.706. The van der Waals surface area contributed by atoms with E-state index in [4.69, 9.17) is 0 Å². The Bertz CT molecular complexity index is 441. The summed E-state index contributed by atoms with van der Waals surface area (Å²) in [4.78, 5) is 7.17. The molecular weight excluding hydrogens is 246 g/mol. The van der Waals surface area contributed by atoms with E-state index in [1.54, 1.807) is 0 Å². The Labute approximate surface area is 122 Å². The van der Waals surface area contributed by atoms with Gasteiger partial charge in [0.2, 0.25) is 0 Å². The minimum Gasteiger partial charge on any atom is -0.308 e. The number of piperazine rings is 1. The van der Waals surface area contributed by atoms with E-state index in [2.05, 4.69) is 48.1 Å². The van der Waals surface area contributed by atoms with Crippen LogP contribution in [0.5, 0.6) is 0 Å². The van der Waals surface area contributed by atoms with Crippen LogP contribution in [0, 0.1) is 11.8 Å². The van der Waals surface area contributed by atoms with E-state index < -0.39 is 0 Å². The third-order valence-electron chi connectivity index (χ3n) is 5.05. The van der Waals surface area contributed by atoms with Crippen LogP contribution < -0.4 is 5.32 Å². The van der Waals surface area contributed by atoms with Gasteiger partial charge < -0.3 is 5.32 Å². The monoisotopic (exact) mass is 273 g/mol. The largest absolute Gasteiger partial charge is 0.308 e. The Balaban J connectivity index is 1.75. The number of hydrogen-bond acceptors (Lipinski definition) is 3. The fourth-order valence-electron chi connectivity index (χ4n) is 3.59. The SMILES string of the molecule is CC(C)C1CNC(C)(C2CC2)CN1Cc1ccccn1. The highest BCUT2D eigenvalue weighted by molar-refractivity contribution is 5.08. The molecule has 0 radical (unpaired) electrons. The van der Waals surface area contributed by atoms with E-state index in [9.17, 15) is 0 Å². The van der Waals surface area contributed by atoms with Crippen molar-refractivity contribution in [3.63, 3.8) is 0 Å². The minimum atomic E-state index is 0.306. The van der Waals surface area contributed by atoms with Crippen molar-refractivity contribution in [1.82, 2.24) is 15.2 Å². The van der Waals surface area contributed by atoms with Crippen molar-refractivity contribution < 1.29 is 0 Å². The predicted molar refractivity (Wildman–Crippen MR) is 82.4 cm³/mol. The lowest BCUT2D eigenvalue weighted by atomic mass is 9.88. The molecule has 110 valence electrons. The zero-order valence-electron chi connectivity index (χ0n) is 13.0. The van der Waals surface area contributed by atoms with E-state index in [1.807, 2.05) is 12.3 Å². The summed E-state index contributed by atoms with van der Waals surface area (Å²) in [5, 5.41) is 3.84. The van der Waals surface area contributed by atoms with Crippen LogP contribution in [0.15, 0.2) is 24.4 Å². The second-order valence-corrected chi connectivity index (χ2v) is 7.11. The molecule has 2 atom stereocenters. The third-order valence-corrected chi connectivity index (χ3v) is 5.05. The van der Waals surface area contributed by atoms with Gasteiger partial charge in [0.15, 0.2) is 0 Å². The molecule has 0 aromatic carbocycles. The standard InChI is InChI=1S/C17H27N3/c1-13(2)16-10-19-17(3,14-7-8-14)12-20(16)11-15-6-4-5-9-18-15/h4-6,9,13-14,16,19H,7-8,10-12H2,1-3H3. The van der Waals surface area contributed by atoms with Crippen molar-refractivity contribution in [2.24, 2.45) is 11.8 Å². The normalized spacial score (nSPS) is 31.7. The zero-order valence-corrected chi connectivity index (χ0v) is 13.0. The maximum Gasteiger partial charge on any atom is 0.0544 e. The summed E-state index contributed by atoms with van der Waals surface area (Å²) in [5.41, 5.74) is 1.50. The topological polar surface area (TPSA) is 28.2 Å². The average molecular weight is 273 g/mol. The first-order chi connectivity index (χ1) is 9.58. The molecule has 2 aliphatic rings. The molecule has 1 N–H and O–H groups in total. The number of nitrogens with zero attached hydrogens (tertiary/aromatic N) is 2. The fourth-order valence-corrected chi connectivity index (χ4v) is 3.59. The quantitative estimate of drug-likeness (QED) is 0.914. The Kier molecular flexibility index (Phi) is 3.83. The molecule has 0 bridgehead atoms. The third kappa shape index (κ3) is 2.89. The number of rotatable bonds is 4. The molecule has 1 aliphatic carbocycles. The number of aromatic nitrogens is 1. The molecule has 2 fully saturated rings. The maximum absolute atomic E-state index is 4.51. The van der Waals surface area contributed by atoms with Gasteiger partial charge in [0, 0.05) is 37.4 Å². The Morgan fingerprint density at radius 3 is 2.80 bits per heavy atom. The van der Waals surface area contributed by atoms with Gasteiger partial charge in [0.1, 0.15) is 0 Å². The van der Waals surface area contributed by atoms with Crippen LogP contribution in [0.3, 0.4) is 0 Å². The van der Waals surface area contributed by atoms with E-state index >= 15 is 0 Å². The average Bonchev–Trinajstić information content (AvgIpc) is 3.24. The van der Waals surface area contributed by atoms with Crippen LogP contribution in [0.25, 0.3) is 0 Å². The Morgan fingerprint density at radius 1 is 1.40 bits per heavy atom. The van der Waals surface area contributed by atoms with E-state index in [-0.39, 0.29) is 0 Å². The van der Waals surface area contributed by atoms with Crippen molar-refractivity contribution in [3.05, 3.63) is 30.1 Å². The molecule has 3 heteroatoms. The smallest absolute Gasteiger partial charge is 0.0544 e. The summed E-state index contributed by atoms with van der Waals surface area (Å²) in [6, 6.07) is 6.85. The second kappa shape index (κ2) is 5.45. The molecule has 3 rings (SSSR count). The molecule has 1 aromatic rings. The summed E-state index contributed by atoms with van der Waals surface area (Å²) in [6.45, 7) is 10.3. The molecule has 2 heterocycles. The lowest BCUT2D eigenvalue weighted by Crippen LogP contribution is -2.64. The lowest BCUT2D eigenvalue weighted by molar-refractivity contribution is 0.0453. The molecule has 3 nitrogen and oxygen atoms in total. The number of hydrogen-bond donors (Lipinski definition) is 1. The van der Waals surface area contributed by atoms with Crippen molar-refractivity contribution in [3.8, 4) is 0 Å². The molecule has 0 amide bonds. The van der Waals surface area contributed by atoms with Crippen molar-refractivity contribution in [1.29, 1.82) is 0 Å². The highest BCUT2D eigenvalue weighted by atomic mass is 15.3. The highest BCUT2D eigenvalue weighted by Gasteiger charge is 2.46. The van der Waals surface area contributed by atoms with Crippen molar-refractivity contribution in [2.75, 3.05) is 13.1 Å². The van der Waals surface area contributed by atoms with Crippen LogP contribution in [0.2, 0.25) is 0 Å². The summed E-state index contributed by atoms with van der Waals surface area (Å²) in [6.07, 6.45) is 4.70. The minimum absolute atomic E-state index is 0.306. The molecule has 1 saturated heterocycles. The van der Waals surface area contributed by atoms with Crippen LogP contribution in [0.4, 0.5) is 0 Å². The van der Waals surface area contributed by atoms with Crippen LogP contribution in [-0.2, 0) is 6.54 Å². The van der Waals surface area contributed by atoms with Gasteiger partial charge in [-0.2, -0.15) is 0 Å². The highest BCUT2D eigenvalue weighted by Crippen LogP contribution is 2.42. The molecule has 1 aromatic heterocycles. The Hall–Kier alpha value is -0.930. The molecule has 20 heavy (non-hydrogen) atoms. The van der Waals surface area contributed by atoms with Gasteiger partial charge in [-0.1, -0.05) is 19.9 Å². The van der Waals surface area contributed by atoms with E-state index in [1.165, 1.54) is 18.5 Å². The molecule has 0 spiro atoms. The summed E-state index contributed by atoms with van der Waals surface area (Å²) in [7, 11) is 0. The lowest BCUT2D eigenvalue weighted by Gasteiger charge is -2.48. The molecule has 1 saturated carbocycles. The zero-order chi connectivity index (χ0) is 14.2. The maximum atomic E-state index is 4.51. The molecule has 2 unspecified atom stereocenters. The molecule has 1 aliphatic heterocycles. The summed E-state index contributed by atoms with van der Waals surface area (Å²) >= 11 is 0. The molecular formula is C17H27N3. The van der Waals surface area contributed by atoms with E-state index in [0.29, 0.717) is 17.5 Å². The second-order valence-electron chi connectivity index (χ2n) is 7.11. The van der Waals surface area contributed by atoms with Gasteiger partial charge in [-0.25, -0.2) is 0 Å². The Morgan fingerprint density at radius 2 is 2.20 bits per heavy atom. The summed E-state index contributed by atoms with van der Waals surface area (Å²) in [5.74, 6) is 1.55. The van der Waals surface area contributed by atoms with Gasteiger partial charge >= 0.3 is 0 Å². The van der Waals surface area contributed by atoms with Crippen LogP contribution >= 0.6 is 0 Å². The first-order valence-electron chi connectivity index (χ1n) is 7.97. The van der Waals surface area contributed by atoms with Crippen molar-refractivity contribution >= 4 is 0 Å². The van der Waals surface area contributed by atoms with E-state index in [0.717, 1.165) is 25.6 Å². The summed E-state index contributed by atoms with van der Waals surface area (Å²) < 4.78 is 0. The van der Waals surface area contributed by atoms with Gasteiger partial charge in [-0.05, 0) is 43.7 Å². The van der Waals surface area contributed by atoms with Gasteiger partial charge in [-0.15, -0.1) is 0 Å². The van der Waals surface area contributed by atoms with Crippen LogP contribution in [-0.4, -0.2) is 34.6 Å². The first kappa shape index (κ1) is 14.0. The first-order valence-corrected chi connectivity index (χ1v) is 7.97. The number of pyridine rings is 1. The van der Waals surface area contributed by atoms with Gasteiger partial charge in [0.25, 0.3) is 0 Å². The van der Waals surface area contributed by atoms with Crippen molar-refractivity contribution in [2.45, 2.75) is 51.7 Å². The predicted octanol–water partition coefficient (Wildman–Crippen LogP) is 2.68.